The van der Waals surface area contributed by atoms with Gasteiger partial charge in [0.2, 0.25) is 5.88 Å². The molecule has 3 rings (SSSR count). The number of rotatable bonds is 3. The van der Waals surface area contributed by atoms with Crippen LogP contribution >= 0.6 is 0 Å². The van der Waals surface area contributed by atoms with E-state index in [2.05, 4.69) is 36.1 Å². The standard InChI is InChI=1S/C16H17N3O2/c1-4-21-15-9-16(20)19-14(17-15)8-13(18-19)12-6-5-10(2)7-11(12)3/h5-9,18H,4H2,1-3H3. The molecule has 108 valence electrons. The first-order chi connectivity index (χ1) is 10.1. The lowest BCUT2D eigenvalue weighted by atomic mass is 10.0. The maximum atomic E-state index is 12.1. The van der Waals surface area contributed by atoms with Crippen molar-refractivity contribution in [3.8, 4) is 17.1 Å². The zero-order chi connectivity index (χ0) is 15.0. The summed E-state index contributed by atoms with van der Waals surface area (Å²) >= 11 is 0. The van der Waals surface area contributed by atoms with Gasteiger partial charge >= 0.3 is 0 Å². The summed E-state index contributed by atoms with van der Waals surface area (Å²) < 4.78 is 6.74. The first-order valence-corrected chi connectivity index (χ1v) is 6.91. The molecule has 0 atom stereocenters. The molecule has 2 aromatic heterocycles. The van der Waals surface area contributed by atoms with Crippen LogP contribution in [0.5, 0.6) is 5.88 Å². The molecule has 3 aromatic rings. The van der Waals surface area contributed by atoms with Gasteiger partial charge in [-0.3, -0.25) is 9.89 Å². The molecule has 0 amide bonds. The number of hydrogen-bond acceptors (Lipinski definition) is 3. The molecule has 1 N–H and O–H groups in total. The van der Waals surface area contributed by atoms with E-state index < -0.39 is 0 Å². The Kier molecular flexibility index (Phi) is 3.25. The number of benzene rings is 1. The molecule has 0 saturated heterocycles. The Labute approximate surface area is 122 Å². The van der Waals surface area contributed by atoms with Crippen molar-refractivity contribution in [2.24, 2.45) is 0 Å². The quantitative estimate of drug-likeness (QED) is 0.804. The van der Waals surface area contributed by atoms with E-state index in [1.165, 1.54) is 16.1 Å². The van der Waals surface area contributed by atoms with Crippen LogP contribution in [0.25, 0.3) is 16.9 Å². The number of nitrogens with zero attached hydrogens (tertiary/aromatic N) is 2. The summed E-state index contributed by atoms with van der Waals surface area (Å²) in [5, 5.41) is 3.10. The lowest BCUT2D eigenvalue weighted by molar-refractivity contribution is 0.326. The summed E-state index contributed by atoms with van der Waals surface area (Å²) in [5.74, 6) is 0.355. The van der Waals surface area contributed by atoms with Gasteiger partial charge in [-0.1, -0.05) is 23.8 Å². The van der Waals surface area contributed by atoms with E-state index in [1.54, 1.807) is 0 Å². The molecular formula is C16H17N3O2. The van der Waals surface area contributed by atoms with Crippen molar-refractivity contribution < 1.29 is 4.74 Å². The molecular weight excluding hydrogens is 266 g/mol. The smallest absolute Gasteiger partial charge is 0.276 e. The Morgan fingerprint density at radius 2 is 2.05 bits per heavy atom. The molecule has 5 nitrogen and oxygen atoms in total. The Hall–Kier alpha value is -2.56. The molecule has 0 unspecified atom stereocenters. The van der Waals surface area contributed by atoms with Crippen LogP contribution in [0.3, 0.4) is 0 Å². The van der Waals surface area contributed by atoms with E-state index in [0.29, 0.717) is 18.1 Å². The number of hydrogen-bond donors (Lipinski definition) is 1. The van der Waals surface area contributed by atoms with Crippen molar-refractivity contribution >= 4 is 5.65 Å². The number of fused-ring (bicyclic) bond motifs is 1. The first-order valence-electron chi connectivity index (χ1n) is 6.91. The summed E-state index contributed by atoms with van der Waals surface area (Å²) in [5.41, 5.74) is 4.66. The van der Waals surface area contributed by atoms with Gasteiger partial charge < -0.3 is 4.74 Å². The van der Waals surface area contributed by atoms with Crippen molar-refractivity contribution in [1.82, 2.24) is 14.6 Å². The maximum Gasteiger partial charge on any atom is 0.276 e. The van der Waals surface area contributed by atoms with Gasteiger partial charge in [-0.2, -0.15) is 4.98 Å². The SMILES string of the molecule is CCOc1cc(=O)n2[nH]c(-c3ccc(C)cc3C)cc2n1. The number of aromatic nitrogens is 3. The maximum absolute atomic E-state index is 12.1. The summed E-state index contributed by atoms with van der Waals surface area (Å²) in [4.78, 5) is 16.4. The van der Waals surface area contributed by atoms with E-state index in [1.807, 2.05) is 19.1 Å². The minimum absolute atomic E-state index is 0.181. The van der Waals surface area contributed by atoms with Crippen LogP contribution in [0, 0.1) is 13.8 Å². The predicted octanol–water partition coefficient (Wildman–Crippen LogP) is 2.71. The fraction of sp³-hybridized carbons (Fsp3) is 0.250. The molecule has 0 fully saturated rings. The fourth-order valence-corrected chi connectivity index (χ4v) is 2.44. The van der Waals surface area contributed by atoms with Gasteiger partial charge in [-0.15, -0.1) is 0 Å². The molecule has 0 radical (unpaired) electrons. The monoisotopic (exact) mass is 283 g/mol. The minimum atomic E-state index is -0.181. The van der Waals surface area contributed by atoms with E-state index in [0.717, 1.165) is 16.8 Å². The highest BCUT2D eigenvalue weighted by atomic mass is 16.5. The van der Waals surface area contributed by atoms with E-state index >= 15 is 0 Å². The Bertz CT molecular complexity index is 862. The van der Waals surface area contributed by atoms with Crippen LogP contribution in [0.4, 0.5) is 0 Å². The lowest BCUT2D eigenvalue weighted by Gasteiger charge is -2.03. The lowest BCUT2D eigenvalue weighted by Crippen LogP contribution is -2.14. The third-order valence-corrected chi connectivity index (χ3v) is 3.39. The molecule has 0 bridgehead atoms. The summed E-state index contributed by atoms with van der Waals surface area (Å²) in [6.07, 6.45) is 0. The molecule has 0 spiro atoms. The second-order valence-electron chi connectivity index (χ2n) is 5.05. The molecule has 2 heterocycles. The highest BCUT2D eigenvalue weighted by molar-refractivity contribution is 5.67. The van der Waals surface area contributed by atoms with Crippen LogP contribution < -0.4 is 10.3 Å². The van der Waals surface area contributed by atoms with Gasteiger partial charge in [0.05, 0.1) is 18.4 Å². The van der Waals surface area contributed by atoms with Gasteiger partial charge in [-0.05, 0) is 26.3 Å². The minimum Gasteiger partial charge on any atom is -0.478 e. The Balaban J connectivity index is 2.16. The van der Waals surface area contributed by atoms with Crippen LogP contribution in [0.2, 0.25) is 0 Å². The zero-order valence-electron chi connectivity index (χ0n) is 12.3. The molecule has 21 heavy (non-hydrogen) atoms. The van der Waals surface area contributed by atoms with Crippen molar-refractivity contribution in [3.63, 3.8) is 0 Å². The van der Waals surface area contributed by atoms with E-state index in [9.17, 15) is 4.79 Å². The van der Waals surface area contributed by atoms with Crippen LogP contribution in [0.1, 0.15) is 18.1 Å². The van der Waals surface area contributed by atoms with Crippen molar-refractivity contribution in [1.29, 1.82) is 0 Å². The summed E-state index contributed by atoms with van der Waals surface area (Å²) in [7, 11) is 0. The second-order valence-corrected chi connectivity index (χ2v) is 5.05. The number of aromatic amines is 1. The molecule has 1 aromatic carbocycles. The Morgan fingerprint density at radius 1 is 1.24 bits per heavy atom. The highest BCUT2D eigenvalue weighted by Crippen LogP contribution is 2.23. The van der Waals surface area contributed by atoms with Crippen LogP contribution in [-0.4, -0.2) is 21.2 Å². The van der Waals surface area contributed by atoms with Gasteiger partial charge in [-0.25, -0.2) is 4.52 Å². The summed E-state index contributed by atoms with van der Waals surface area (Å²) in [6.45, 7) is 6.46. The molecule has 5 heteroatoms. The average molecular weight is 283 g/mol. The molecule has 0 aliphatic rings. The van der Waals surface area contributed by atoms with Crippen LogP contribution in [-0.2, 0) is 0 Å². The Morgan fingerprint density at radius 3 is 2.76 bits per heavy atom. The van der Waals surface area contributed by atoms with Gasteiger partial charge in [0.15, 0.2) is 5.65 Å². The normalized spacial score (nSPS) is 11.0. The molecule has 0 saturated carbocycles. The van der Waals surface area contributed by atoms with Crippen molar-refractivity contribution in [2.45, 2.75) is 20.8 Å². The molecule has 0 aliphatic heterocycles. The number of nitrogens with one attached hydrogen (secondary N) is 1. The average Bonchev–Trinajstić information content (AvgIpc) is 2.83. The predicted molar refractivity (Wildman–Crippen MR) is 81.9 cm³/mol. The summed E-state index contributed by atoms with van der Waals surface area (Å²) in [6, 6.07) is 9.46. The zero-order valence-corrected chi connectivity index (χ0v) is 12.3. The third-order valence-electron chi connectivity index (χ3n) is 3.39. The molecule has 0 aliphatic carbocycles. The highest BCUT2D eigenvalue weighted by Gasteiger charge is 2.10. The first kappa shape index (κ1) is 13.4. The topological polar surface area (TPSA) is 59.4 Å². The van der Waals surface area contributed by atoms with E-state index in [-0.39, 0.29) is 5.56 Å². The van der Waals surface area contributed by atoms with Gasteiger partial charge in [0.25, 0.3) is 5.56 Å². The van der Waals surface area contributed by atoms with Gasteiger partial charge in [0.1, 0.15) is 0 Å². The number of ether oxygens (including phenoxy) is 1. The van der Waals surface area contributed by atoms with Crippen molar-refractivity contribution in [3.05, 3.63) is 51.8 Å². The van der Waals surface area contributed by atoms with E-state index in [4.69, 9.17) is 4.74 Å². The van der Waals surface area contributed by atoms with Crippen molar-refractivity contribution in [2.75, 3.05) is 6.61 Å². The second kappa shape index (κ2) is 5.09. The number of H-pyrrole nitrogens is 1. The fourth-order valence-electron chi connectivity index (χ4n) is 2.44. The van der Waals surface area contributed by atoms with Gasteiger partial charge in [0, 0.05) is 11.6 Å². The largest absolute Gasteiger partial charge is 0.478 e. The third kappa shape index (κ3) is 2.42. The number of aryl methyl sites for hydroxylation is 2. The van der Waals surface area contributed by atoms with Crippen LogP contribution in [0.15, 0.2) is 35.1 Å².